The fourth-order valence-electron chi connectivity index (χ4n) is 1.95. The van der Waals surface area contributed by atoms with E-state index in [2.05, 4.69) is 10.5 Å². The molecule has 0 saturated heterocycles. The maximum atomic E-state index is 12.9. The molecule has 0 amide bonds. The zero-order chi connectivity index (χ0) is 16.9. The molecule has 0 aliphatic heterocycles. The molecule has 0 bridgehead atoms. The number of alkyl halides is 3. The highest BCUT2D eigenvalue weighted by molar-refractivity contribution is 5.84. The van der Waals surface area contributed by atoms with Crippen molar-refractivity contribution in [2.24, 2.45) is 5.10 Å². The minimum Gasteiger partial charge on any atom is -0.490 e. The molecule has 0 saturated carbocycles. The largest absolute Gasteiger partial charge is 0.490 e. The quantitative estimate of drug-likeness (QED) is 0.625. The molecule has 0 atom stereocenters. The third-order valence-electron chi connectivity index (χ3n) is 2.90. The minimum atomic E-state index is -4.43. The second-order valence-corrected chi connectivity index (χ2v) is 5.12. The fraction of sp³-hybridized carbons (Fsp3) is 0.235. The van der Waals surface area contributed by atoms with Gasteiger partial charge in [0.05, 0.1) is 23.6 Å². The van der Waals surface area contributed by atoms with Crippen molar-refractivity contribution < 1.29 is 17.9 Å². The number of para-hydroxylation sites is 2. The van der Waals surface area contributed by atoms with E-state index in [0.717, 1.165) is 6.07 Å². The first-order valence-electron chi connectivity index (χ1n) is 7.09. The predicted molar refractivity (Wildman–Crippen MR) is 84.9 cm³/mol. The maximum absolute atomic E-state index is 12.9. The summed E-state index contributed by atoms with van der Waals surface area (Å²) in [5, 5.41) is 3.90. The molecular weight excluding hydrogens is 305 g/mol. The van der Waals surface area contributed by atoms with Gasteiger partial charge in [0.2, 0.25) is 0 Å². The molecule has 0 aliphatic rings. The van der Waals surface area contributed by atoms with Crippen molar-refractivity contribution in [2.45, 2.75) is 26.1 Å². The standard InChI is InChI=1S/C17H17F3N2O/c1-12(2)23-16-10-6-3-7-13(16)11-21-22-15-9-5-4-8-14(15)17(18,19)20/h3-12,22H,1-2H3. The number of hydrogen-bond acceptors (Lipinski definition) is 3. The Balaban J connectivity index is 2.18. The summed E-state index contributed by atoms with van der Waals surface area (Å²) in [5.74, 6) is 0.622. The number of anilines is 1. The molecule has 2 aromatic carbocycles. The van der Waals surface area contributed by atoms with E-state index < -0.39 is 11.7 Å². The van der Waals surface area contributed by atoms with E-state index in [4.69, 9.17) is 4.74 Å². The van der Waals surface area contributed by atoms with E-state index in [1.54, 1.807) is 18.2 Å². The van der Waals surface area contributed by atoms with Crippen molar-refractivity contribution >= 4 is 11.9 Å². The molecule has 2 aromatic rings. The smallest absolute Gasteiger partial charge is 0.418 e. The van der Waals surface area contributed by atoms with Crippen molar-refractivity contribution in [2.75, 3.05) is 5.43 Å². The normalized spacial score (nSPS) is 11.9. The third kappa shape index (κ3) is 4.74. The molecule has 0 unspecified atom stereocenters. The highest BCUT2D eigenvalue weighted by Gasteiger charge is 2.33. The lowest BCUT2D eigenvalue weighted by atomic mass is 10.2. The molecule has 0 aliphatic carbocycles. The number of halogens is 3. The molecule has 0 aromatic heterocycles. The molecule has 3 nitrogen and oxygen atoms in total. The van der Waals surface area contributed by atoms with Crippen molar-refractivity contribution in [3.05, 3.63) is 59.7 Å². The average Bonchev–Trinajstić information content (AvgIpc) is 2.48. The van der Waals surface area contributed by atoms with Gasteiger partial charge in [-0.25, -0.2) is 0 Å². The minimum absolute atomic E-state index is 0.0107. The van der Waals surface area contributed by atoms with Crippen molar-refractivity contribution in [3.8, 4) is 5.75 Å². The molecule has 122 valence electrons. The van der Waals surface area contributed by atoms with E-state index >= 15 is 0 Å². The van der Waals surface area contributed by atoms with Gasteiger partial charge in [0.15, 0.2) is 0 Å². The van der Waals surface area contributed by atoms with Crippen LogP contribution in [0.25, 0.3) is 0 Å². The Bertz CT molecular complexity index is 682. The molecule has 0 spiro atoms. The average molecular weight is 322 g/mol. The molecule has 6 heteroatoms. The molecule has 1 N–H and O–H groups in total. The van der Waals surface area contributed by atoms with Gasteiger partial charge in [-0.3, -0.25) is 5.43 Å². The number of benzene rings is 2. The van der Waals surface area contributed by atoms with Crippen LogP contribution in [-0.2, 0) is 6.18 Å². The van der Waals surface area contributed by atoms with Crippen LogP contribution in [0.3, 0.4) is 0 Å². The van der Waals surface area contributed by atoms with Crippen LogP contribution in [-0.4, -0.2) is 12.3 Å². The van der Waals surface area contributed by atoms with E-state index in [1.165, 1.54) is 24.4 Å². The molecule has 0 radical (unpaired) electrons. The van der Waals surface area contributed by atoms with E-state index in [-0.39, 0.29) is 11.8 Å². The SMILES string of the molecule is CC(C)Oc1ccccc1C=NNc1ccccc1C(F)(F)F. The van der Waals surface area contributed by atoms with Gasteiger partial charge in [0.1, 0.15) is 5.75 Å². The van der Waals surface area contributed by atoms with Gasteiger partial charge in [0.25, 0.3) is 0 Å². The molecular formula is C17H17F3N2O. The summed E-state index contributed by atoms with van der Waals surface area (Å²) in [4.78, 5) is 0. The number of nitrogens with zero attached hydrogens (tertiary/aromatic N) is 1. The van der Waals surface area contributed by atoms with Crippen LogP contribution < -0.4 is 10.2 Å². The Labute approximate surface area is 132 Å². The molecule has 0 heterocycles. The predicted octanol–water partition coefficient (Wildman–Crippen LogP) is 4.94. The zero-order valence-corrected chi connectivity index (χ0v) is 12.8. The van der Waals surface area contributed by atoms with Gasteiger partial charge in [-0.1, -0.05) is 24.3 Å². The van der Waals surface area contributed by atoms with Gasteiger partial charge >= 0.3 is 6.18 Å². The summed E-state index contributed by atoms with van der Waals surface area (Å²) < 4.78 is 44.3. The summed E-state index contributed by atoms with van der Waals surface area (Å²) in [6, 6.07) is 12.4. The lowest BCUT2D eigenvalue weighted by molar-refractivity contribution is -0.136. The Morgan fingerprint density at radius 1 is 1.04 bits per heavy atom. The molecule has 0 fully saturated rings. The number of nitrogens with one attached hydrogen (secondary N) is 1. The zero-order valence-electron chi connectivity index (χ0n) is 12.8. The van der Waals surface area contributed by atoms with E-state index in [1.807, 2.05) is 19.9 Å². The van der Waals surface area contributed by atoms with Crippen LogP contribution in [0.1, 0.15) is 25.0 Å². The first-order valence-corrected chi connectivity index (χ1v) is 7.09. The van der Waals surface area contributed by atoms with Gasteiger partial charge in [-0.2, -0.15) is 18.3 Å². The molecule has 2 rings (SSSR count). The number of rotatable bonds is 5. The fourth-order valence-corrected chi connectivity index (χ4v) is 1.95. The Kier molecular flexibility index (Phi) is 5.26. The van der Waals surface area contributed by atoms with Gasteiger partial charge in [-0.15, -0.1) is 0 Å². The van der Waals surface area contributed by atoms with Crippen LogP contribution >= 0.6 is 0 Å². The van der Waals surface area contributed by atoms with Gasteiger partial charge < -0.3 is 4.74 Å². The number of hydrazone groups is 1. The van der Waals surface area contributed by atoms with E-state index in [0.29, 0.717) is 11.3 Å². The third-order valence-corrected chi connectivity index (χ3v) is 2.90. The second-order valence-electron chi connectivity index (χ2n) is 5.12. The monoisotopic (exact) mass is 322 g/mol. The summed E-state index contributed by atoms with van der Waals surface area (Å²) in [5.41, 5.74) is 2.26. The Hall–Kier alpha value is -2.50. The summed E-state index contributed by atoms with van der Waals surface area (Å²) in [6.07, 6.45) is -3.01. The number of ether oxygens (including phenoxy) is 1. The summed E-state index contributed by atoms with van der Waals surface area (Å²) in [6.45, 7) is 3.79. The van der Waals surface area contributed by atoms with Crippen molar-refractivity contribution in [3.63, 3.8) is 0 Å². The van der Waals surface area contributed by atoms with Gasteiger partial charge in [0, 0.05) is 5.56 Å². The number of hydrogen-bond donors (Lipinski definition) is 1. The Morgan fingerprint density at radius 3 is 2.39 bits per heavy atom. The summed E-state index contributed by atoms with van der Waals surface area (Å²) >= 11 is 0. The lowest BCUT2D eigenvalue weighted by Crippen LogP contribution is -2.09. The van der Waals surface area contributed by atoms with Crippen LogP contribution in [0.4, 0.5) is 18.9 Å². The summed E-state index contributed by atoms with van der Waals surface area (Å²) in [7, 11) is 0. The van der Waals surface area contributed by atoms with Crippen LogP contribution in [0.15, 0.2) is 53.6 Å². The van der Waals surface area contributed by atoms with Crippen LogP contribution in [0.2, 0.25) is 0 Å². The van der Waals surface area contributed by atoms with Crippen molar-refractivity contribution in [1.29, 1.82) is 0 Å². The Morgan fingerprint density at radius 2 is 1.70 bits per heavy atom. The first-order chi connectivity index (χ1) is 10.9. The van der Waals surface area contributed by atoms with Crippen molar-refractivity contribution in [1.82, 2.24) is 0 Å². The van der Waals surface area contributed by atoms with E-state index in [9.17, 15) is 13.2 Å². The highest BCUT2D eigenvalue weighted by Crippen LogP contribution is 2.34. The molecule has 23 heavy (non-hydrogen) atoms. The topological polar surface area (TPSA) is 33.6 Å². The second kappa shape index (κ2) is 7.17. The van der Waals surface area contributed by atoms with Crippen LogP contribution in [0.5, 0.6) is 5.75 Å². The van der Waals surface area contributed by atoms with Gasteiger partial charge in [-0.05, 0) is 38.1 Å². The lowest BCUT2D eigenvalue weighted by Gasteiger charge is -2.13. The van der Waals surface area contributed by atoms with Crippen LogP contribution in [0, 0.1) is 0 Å². The first kappa shape index (κ1) is 16.9. The maximum Gasteiger partial charge on any atom is 0.418 e. The highest BCUT2D eigenvalue weighted by atomic mass is 19.4.